The van der Waals surface area contributed by atoms with Crippen molar-refractivity contribution in [3.8, 4) is 0 Å². The van der Waals surface area contributed by atoms with Crippen molar-refractivity contribution in [2.75, 3.05) is 0 Å². The Balaban J connectivity index is 2.15. The standard InChI is InChI=1S/C15H12BrN3O/c1-18-14-9-12(16)7-8-13(14)19(15(18)20)17-10-11-5-3-2-4-6-11/h2-10H,1H3/b17-10+. The summed E-state index contributed by atoms with van der Waals surface area (Å²) >= 11 is 3.41. The van der Waals surface area contributed by atoms with Crippen molar-refractivity contribution < 1.29 is 0 Å². The van der Waals surface area contributed by atoms with Gasteiger partial charge in [-0.05, 0) is 23.8 Å². The lowest BCUT2D eigenvalue weighted by molar-refractivity contribution is 0.781. The van der Waals surface area contributed by atoms with Crippen LogP contribution in [0.5, 0.6) is 0 Å². The summed E-state index contributed by atoms with van der Waals surface area (Å²) in [5.41, 5.74) is 2.42. The van der Waals surface area contributed by atoms with Gasteiger partial charge in [0.15, 0.2) is 0 Å². The number of fused-ring (bicyclic) bond motifs is 1. The van der Waals surface area contributed by atoms with Crippen LogP contribution in [0.4, 0.5) is 0 Å². The van der Waals surface area contributed by atoms with Gasteiger partial charge in [-0.25, -0.2) is 4.79 Å². The molecule has 3 rings (SSSR count). The number of hydrogen-bond donors (Lipinski definition) is 0. The van der Waals surface area contributed by atoms with Gasteiger partial charge in [0.1, 0.15) is 0 Å². The van der Waals surface area contributed by atoms with Gasteiger partial charge in [0, 0.05) is 11.5 Å². The molecule has 0 aliphatic carbocycles. The normalized spacial score (nSPS) is 11.5. The van der Waals surface area contributed by atoms with Crippen LogP contribution in [0.1, 0.15) is 5.56 Å². The number of rotatable bonds is 2. The molecule has 5 heteroatoms. The first kappa shape index (κ1) is 12.9. The topological polar surface area (TPSA) is 39.3 Å². The highest BCUT2D eigenvalue weighted by Gasteiger charge is 2.09. The number of aromatic nitrogens is 2. The second kappa shape index (κ2) is 5.09. The molecule has 0 radical (unpaired) electrons. The lowest BCUT2D eigenvalue weighted by Gasteiger charge is -1.96. The molecule has 0 atom stereocenters. The lowest BCUT2D eigenvalue weighted by Crippen LogP contribution is -2.19. The molecule has 0 aliphatic rings. The number of nitrogens with zero attached hydrogens (tertiary/aromatic N) is 3. The van der Waals surface area contributed by atoms with E-state index in [0.29, 0.717) is 0 Å². The van der Waals surface area contributed by atoms with Crippen LogP contribution in [-0.4, -0.2) is 15.5 Å². The van der Waals surface area contributed by atoms with Gasteiger partial charge < -0.3 is 0 Å². The summed E-state index contributed by atoms with van der Waals surface area (Å²) in [6.45, 7) is 0. The molecule has 0 saturated carbocycles. The fraction of sp³-hybridized carbons (Fsp3) is 0.0667. The molecule has 2 aromatic carbocycles. The van der Waals surface area contributed by atoms with Gasteiger partial charge in [-0.1, -0.05) is 46.3 Å². The molecule has 20 heavy (non-hydrogen) atoms. The third kappa shape index (κ3) is 2.20. The van der Waals surface area contributed by atoms with Crippen LogP contribution in [0.15, 0.2) is 62.9 Å². The lowest BCUT2D eigenvalue weighted by atomic mass is 10.2. The highest BCUT2D eigenvalue weighted by Crippen LogP contribution is 2.18. The monoisotopic (exact) mass is 329 g/mol. The van der Waals surface area contributed by atoms with Gasteiger partial charge in [0.25, 0.3) is 0 Å². The zero-order valence-corrected chi connectivity index (χ0v) is 12.4. The van der Waals surface area contributed by atoms with Crippen LogP contribution in [0.3, 0.4) is 0 Å². The predicted molar refractivity (Wildman–Crippen MR) is 84.3 cm³/mol. The number of hydrogen-bond acceptors (Lipinski definition) is 2. The Bertz CT molecular complexity index is 847. The molecule has 0 amide bonds. The Kier molecular flexibility index (Phi) is 3.28. The summed E-state index contributed by atoms with van der Waals surface area (Å²) in [6.07, 6.45) is 1.68. The molecule has 0 bridgehead atoms. The molecular formula is C15H12BrN3O. The molecule has 100 valence electrons. The molecule has 1 heterocycles. The molecule has 0 aliphatic heterocycles. The summed E-state index contributed by atoms with van der Waals surface area (Å²) in [4.78, 5) is 12.2. The fourth-order valence-electron chi connectivity index (χ4n) is 2.07. The Labute approximate surface area is 124 Å². The Morgan fingerprint density at radius 1 is 1.10 bits per heavy atom. The van der Waals surface area contributed by atoms with Crippen molar-refractivity contribution in [1.82, 2.24) is 9.24 Å². The molecule has 0 fully saturated rings. The van der Waals surface area contributed by atoms with Crippen LogP contribution < -0.4 is 5.69 Å². The zero-order chi connectivity index (χ0) is 14.1. The fourth-order valence-corrected chi connectivity index (χ4v) is 2.42. The maximum Gasteiger partial charge on any atom is 0.349 e. The van der Waals surface area contributed by atoms with Crippen LogP contribution >= 0.6 is 15.9 Å². The van der Waals surface area contributed by atoms with Gasteiger partial charge in [-0.15, -0.1) is 0 Å². The van der Waals surface area contributed by atoms with Crippen molar-refractivity contribution >= 4 is 33.2 Å². The first-order chi connectivity index (χ1) is 9.66. The van der Waals surface area contributed by atoms with E-state index < -0.39 is 0 Å². The largest absolute Gasteiger partial charge is 0.349 e. The summed E-state index contributed by atoms with van der Waals surface area (Å²) in [5.74, 6) is 0. The Morgan fingerprint density at radius 2 is 1.85 bits per heavy atom. The Hall–Kier alpha value is -2.14. The Morgan fingerprint density at radius 3 is 2.60 bits per heavy atom. The van der Waals surface area contributed by atoms with Crippen molar-refractivity contribution in [3.05, 3.63) is 69.1 Å². The van der Waals surface area contributed by atoms with E-state index in [-0.39, 0.29) is 5.69 Å². The average molecular weight is 330 g/mol. The van der Waals surface area contributed by atoms with E-state index in [1.165, 1.54) is 4.68 Å². The maximum atomic E-state index is 12.2. The smallest absolute Gasteiger partial charge is 0.293 e. The van der Waals surface area contributed by atoms with Gasteiger partial charge in [-0.3, -0.25) is 4.57 Å². The number of benzene rings is 2. The first-order valence-corrected chi connectivity index (χ1v) is 6.92. The van der Waals surface area contributed by atoms with E-state index in [0.717, 1.165) is 21.1 Å². The maximum absolute atomic E-state index is 12.2. The van der Waals surface area contributed by atoms with Gasteiger partial charge in [0.05, 0.1) is 17.2 Å². The van der Waals surface area contributed by atoms with Gasteiger partial charge >= 0.3 is 5.69 Å². The molecule has 4 nitrogen and oxygen atoms in total. The molecule has 1 aromatic heterocycles. The average Bonchev–Trinajstić information content (AvgIpc) is 2.70. The molecular weight excluding hydrogens is 318 g/mol. The summed E-state index contributed by atoms with van der Waals surface area (Å²) in [5, 5.41) is 4.30. The SMILES string of the molecule is Cn1c(=O)n(/N=C/c2ccccc2)c2ccc(Br)cc21. The summed E-state index contributed by atoms with van der Waals surface area (Å²) in [6, 6.07) is 15.4. The second-order valence-corrected chi connectivity index (χ2v) is 5.36. The van der Waals surface area contributed by atoms with E-state index in [2.05, 4.69) is 21.0 Å². The molecule has 3 aromatic rings. The zero-order valence-electron chi connectivity index (χ0n) is 10.8. The van der Waals surface area contributed by atoms with Crippen molar-refractivity contribution in [2.24, 2.45) is 12.1 Å². The number of aryl methyl sites for hydroxylation is 1. The van der Waals surface area contributed by atoms with Crippen LogP contribution in [0, 0.1) is 0 Å². The second-order valence-electron chi connectivity index (χ2n) is 4.44. The minimum absolute atomic E-state index is 0.162. The molecule has 0 N–H and O–H groups in total. The highest BCUT2D eigenvalue weighted by molar-refractivity contribution is 9.10. The third-order valence-electron chi connectivity index (χ3n) is 3.12. The van der Waals surface area contributed by atoms with Gasteiger partial charge in [-0.2, -0.15) is 9.78 Å². The number of imidazole rings is 1. The van der Waals surface area contributed by atoms with Crippen LogP contribution in [-0.2, 0) is 7.05 Å². The van der Waals surface area contributed by atoms with E-state index in [1.807, 2.05) is 48.5 Å². The van der Waals surface area contributed by atoms with Crippen molar-refractivity contribution in [2.45, 2.75) is 0 Å². The van der Waals surface area contributed by atoms with Crippen LogP contribution in [0.2, 0.25) is 0 Å². The molecule has 0 unspecified atom stereocenters. The minimum atomic E-state index is -0.162. The van der Waals surface area contributed by atoms with Crippen LogP contribution in [0.25, 0.3) is 11.0 Å². The quantitative estimate of drug-likeness (QED) is 0.666. The van der Waals surface area contributed by atoms with Crippen molar-refractivity contribution in [3.63, 3.8) is 0 Å². The highest BCUT2D eigenvalue weighted by atomic mass is 79.9. The van der Waals surface area contributed by atoms with Crippen molar-refractivity contribution in [1.29, 1.82) is 0 Å². The van der Waals surface area contributed by atoms with E-state index in [4.69, 9.17) is 0 Å². The van der Waals surface area contributed by atoms with E-state index >= 15 is 0 Å². The minimum Gasteiger partial charge on any atom is -0.293 e. The first-order valence-electron chi connectivity index (χ1n) is 6.13. The summed E-state index contributed by atoms with van der Waals surface area (Å²) in [7, 11) is 1.74. The van der Waals surface area contributed by atoms with E-state index in [9.17, 15) is 4.79 Å². The van der Waals surface area contributed by atoms with E-state index in [1.54, 1.807) is 17.8 Å². The number of halogens is 1. The summed E-state index contributed by atoms with van der Waals surface area (Å²) < 4.78 is 3.93. The third-order valence-corrected chi connectivity index (χ3v) is 3.61. The molecule has 0 saturated heterocycles. The van der Waals surface area contributed by atoms with Gasteiger partial charge in [0.2, 0.25) is 0 Å². The predicted octanol–water partition coefficient (Wildman–Crippen LogP) is 2.98. The molecule has 0 spiro atoms.